The van der Waals surface area contributed by atoms with Gasteiger partial charge in [-0.25, -0.2) is 9.97 Å². The topological polar surface area (TPSA) is 55.6 Å². The average Bonchev–Trinajstić information content (AvgIpc) is 2.81. The van der Waals surface area contributed by atoms with Crippen LogP contribution < -0.4 is 5.32 Å². The summed E-state index contributed by atoms with van der Waals surface area (Å²) in [4.78, 5) is 8.92. The highest BCUT2D eigenvalue weighted by Gasteiger charge is 2.13. The maximum absolute atomic E-state index is 4.53. The predicted molar refractivity (Wildman–Crippen MR) is 76.0 cm³/mol. The van der Waals surface area contributed by atoms with Crippen LogP contribution in [0.1, 0.15) is 43.5 Å². The van der Waals surface area contributed by atoms with E-state index in [9.17, 15) is 0 Å². The molecule has 5 nitrogen and oxygen atoms in total. The summed E-state index contributed by atoms with van der Waals surface area (Å²) in [6, 6.07) is 4.24. The maximum Gasteiger partial charge on any atom is 0.130 e. The zero-order valence-corrected chi connectivity index (χ0v) is 12.0. The van der Waals surface area contributed by atoms with Crippen LogP contribution in [0.25, 0.3) is 0 Å². The Morgan fingerprint density at radius 1 is 1.32 bits per heavy atom. The molecule has 0 saturated carbocycles. The Morgan fingerprint density at radius 2 is 2.11 bits per heavy atom. The number of aryl methyl sites for hydroxylation is 3. The normalized spacial score (nSPS) is 12.4. The van der Waals surface area contributed by atoms with Crippen molar-refractivity contribution in [2.45, 2.75) is 39.7 Å². The van der Waals surface area contributed by atoms with Crippen LogP contribution in [-0.2, 0) is 13.5 Å². The van der Waals surface area contributed by atoms with E-state index in [1.165, 1.54) is 0 Å². The minimum atomic E-state index is 0.214. The molecule has 0 radical (unpaired) electrons. The molecule has 0 aliphatic heterocycles. The van der Waals surface area contributed by atoms with E-state index >= 15 is 0 Å². The third-order valence-electron chi connectivity index (χ3n) is 3.16. The number of aromatic nitrogens is 4. The molecule has 1 N–H and O–H groups in total. The summed E-state index contributed by atoms with van der Waals surface area (Å²) in [5.74, 6) is 1.76. The summed E-state index contributed by atoms with van der Waals surface area (Å²) in [7, 11) is 1.96. The Bertz CT molecular complexity index is 547. The van der Waals surface area contributed by atoms with E-state index in [-0.39, 0.29) is 6.04 Å². The fraction of sp³-hybridized carbons (Fsp3) is 0.500. The largest absolute Gasteiger partial charge is 0.362 e. The quantitative estimate of drug-likeness (QED) is 0.897. The minimum Gasteiger partial charge on any atom is -0.362 e. The standard InChI is InChI=1S/C14H21N5/c1-5-11(12-7-8-15-19(12)4)17-14-9-10(3)16-13(6-2)18-14/h7-9,11H,5-6H2,1-4H3,(H,16,17,18)/t11-/m1/s1. The molecule has 5 heteroatoms. The molecule has 0 aromatic carbocycles. The summed E-state index contributed by atoms with van der Waals surface area (Å²) < 4.78 is 1.90. The molecule has 19 heavy (non-hydrogen) atoms. The Kier molecular flexibility index (Phi) is 4.14. The second kappa shape index (κ2) is 5.82. The summed E-state index contributed by atoms with van der Waals surface area (Å²) in [5.41, 5.74) is 2.16. The molecular weight excluding hydrogens is 238 g/mol. The van der Waals surface area contributed by atoms with E-state index in [0.717, 1.165) is 35.9 Å². The van der Waals surface area contributed by atoms with Gasteiger partial charge in [0.15, 0.2) is 0 Å². The first-order valence-electron chi connectivity index (χ1n) is 6.73. The maximum atomic E-state index is 4.53. The first-order chi connectivity index (χ1) is 9.13. The number of hydrogen-bond acceptors (Lipinski definition) is 4. The molecular formula is C14H21N5. The highest BCUT2D eigenvalue weighted by atomic mass is 15.3. The van der Waals surface area contributed by atoms with Gasteiger partial charge in [-0.1, -0.05) is 13.8 Å². The fourth-order valence-corrected chi connectivity index (χ4v) is 2.15. The molecule has 102 valence electrons. The van der Waals surface area contributed by atoms with Crippen molar-refractivity contribution in [3.63, 3.8) is 0 Å². The second-order valence-electron chi connectivity index (χ2n) is 4.65. The summed E-state index contributed by atoms with van der Waals surface area (Å²) in [6.45, 7) is 6.22. The van der Waals surface area contributed by atoms with Gasteiger partial charge in [0.2, 0.25) is 0 Å². The molecule has 0 aliphatic carbocycles. The van der Waals surface area contributed by atoms with Gasteiger partial charge < -0.3 is 5.32 Å². The zero-order chi connectivity index (χ0) is 13.8. The van der Waals surface area contributed by atoms with Crippen molar-refractivity contribution in [3.8, 4) is 0 Å². The average molecular weight is 259 g/mol. The van der Waals surface area contributed by atoms with Gasteiger partial charge in [0.05, 0.1) is 11.7 Å². The molecule has 0 fully saturated rings. The first-order valence-corrected chi connectivity index (χ1v) is 6.73. The molecule has 2 aromatic heterocycles. The van der Waals surface area contributed by atoms with Gasteiger partial charge in [-0.2, -0.15) is 5.10 Å². The smallest absolute Gasteiger partial charge is 0.130 e. The van der Waals surface area contributed by atoms with Crippen LogP contribution >= 0.6 is 0 Å². The lowest BCUT2D eigenvalue weighted by Crippen LogP contribution is -2.15. The van der Waals surface area contributed by atoms with Gasteiger partial charge in [0, 0.05) is 31.4 Å². The van der Waals surface area contributed by atoms with Gasteiger partial charge >= 0.3 is 0 Å². The van der Waals surface area contributed by atoms with Gasteiger partial charge in [-0.05, 0) is 19.4 Å². The van der Waals surface area contributed by atoms with Crippen molar-refractivity contribution in [2.75, 3.05) is 5.32 Å². The molecule has 0 unspecified atom stereocenters. The molecule has 0 spiro atoms. The van der Waals surface area contributed by atoms with Crippen LogP contribution in [0.2, 0.25) is 0 Å². The van der Waals surface area contributed by atoms with Crippen LogP contribution in [0.3, 0.4) is 0 Å². The highest BCUT2D eigenvalue weighted by molar-refractivity contribution is 5.38. The van der Waals surface area contributed by atoms with E-state index in [1.54, 1.807) is 0 Å². The predicted octanol–water partition coefficient (Wildman–Crippen LogP) is 2.64. The van der Waals surface area contributed by atoms with Crippen molar-refractivity contribution in [3.05, 3.63) is 35.5 Å². The molecule has 0 aliphatic rings. The molecule has 2 heterocycles. The highest BCUT2D eigenvalue weighted by Crippen LogP contribution is 2.21. The molecule has 0 bridgehead atoms. The fourth-order valence-electron chi connectivity index (χ4n) is 2.15. The molecule has 0 amide bonds. The van der Waals surface area contributed by atoms with Crippen molar-refractivity contribution < 1.29 is 0 Å². The Balaban J connectivity index is 2.23. The molecule has 1 atom stereocenters. The number of nitrogens with one attached hydrogen (secondary N) is 1. The SMILES string of the molecule is CCc1nc(C)cc(N[C@H](CC)c2ccnn2C)n1. The third-order valence-corrected chi connectivity index (χ3v) is 3.16. The monoisotopic (exact) mass is 259 g/mol. The summed E-state index contributed by atoms with van der Waals surface area (Å²) in [6.07, 6.45) is 3.64. The van der Waals surface area contributed by atoms with Gasteiger partial charge in [-0.15, -0.1) is 0 Å². The number of anilines is 1. The van der Waals surface area contributed by atoms with Gasteiger partial charge in [-0.3, -0.25) is 4.68 Å². The van der Waals surface area contributed by atoms with Crippen molar-refractivity contribution in [2.24, 2.45) is 7.05 Å². The van der Waals surface area contributed by atoms with Crippen LogP contribution in [0.15, 0.2) is 18.3 Å². The first kappa shape index (κ1) is 13.5. The van der Waals surface area contributed by atoms with Crippen LogP contribution in [0.4, 0.5) is 5.82 Å². The second-order valence-corrected chi connectivity index (χ2v) is 4.65. The molecule has 2 aromatic rings. The van der Waals surface area contributed by atoms with Crippen LogP contribution in [-0.4, -0.2) is 19.7 Å². The lowest BCUT2D eigenvalue weighted by atomic mass is 10.1. The van der Waals surface area contributed by atoms with E-state index in [4.69, 9.17) is 0 Å². The van der Waals surface area contributed by atoms with E-state index in [0.29, 0.717) is 0 Å². The van der Waals surface area contributed by atoms with Gasteiger partial charge in [0.1, 0.15) is 11.6 Å². The molecule has 2 rings (SSSR count). The lowest BCUT2D eigenvalue weighted by molar-refractivity contribution is 0.631. The number of rotatable bonds is 5. The zero-order valence-electron chi connectivity index (χ0n) is 12.0. The summed E-state index contributed by atoms with van der Waals surface area (Å²) >= 11 is 0. The Morgan fingerprint density at radius 3 is 2.68 bits per heavy atom. The van der Waals surface area contributed by atoms with E-state index in [2.05, 4.69) is 34.2 Å². The van der Waals surface area contributed by atoms with Crippen molar-refractivity contribution in [1.29, 1.82) is 0 Å². The Hall–Kier alpha value is -1.91. The van der Waals surface area contributed by atoms with Crippen LogP contribution in [0.5, 0.6) is 0 Å². The lowest BCUT2D eigenvalue weighted by Gasteiger charge is -2.18. The van der Waals surface area contributed by atoms with E-state index in [1.807, 2.05) is 37.0 Å². The van der Waals surface area contributed by atoms with Crippen molar-refractivity contribution >= 4 is 5.82 Å². The summed E-state index contributed by atoms with van der Waals surface area (Å²) in [5, 5.41) is 7.70. The van der Waals surface area contributed by atoms with Crippen molar-refractivity contribution in [1.82, 2.24) is 19.7 Å². The van der Waals surface area contributed by atoms with Crippen LogP contribution in [0, 0.1) is 6.92 Å². The minimum absolute atomic E-state index is 0.214. The number of hydrogen-bond donors (Lipinski definition) is 1. The number of nitrogens with zero attached hydrogens (tertiary/aromatic N) is 4. The Labute approximate surface area is 114 Å². The molecule has 0 saturated heterocycles. The van der Waals surface area contributed by atoms with Gasteiger partial charge in [0.25, 0.3) is 0 Å². The third kappa shape index (κ3) is 3.10. The van der Waals surface area contributed by atoms with E-state index < -0.39 is 0 Å².